The van der Waals surface area contributed by atoms with Gasteiger partial charge in [0.25, 0.3) is 0 Å². The van der Waals surface area contributed by atoms with E-state index in [0.717, 1.165) is 27.7 Å². The Bertz CT molecular complexity index is 588. The highest BCUT2D eigenvalue weighted by Crippen LogP contribution is 2.25. The zero-order valence-electron chi connectivity index (χ0n) is 15.6. The molecule has 0 radical (unpaired) electrons. The first-order valence-corrected chi connectivity index (χ1v) is 8.63. The number of esters is 4. The zero-order chi connectivity index (χ0) is 21.1. The molecule has 10 nitrogen and oxygen atoms in total. The minimum atomic E-state index is -1.61. The Kier molecular flexibility index (Phi) is 11.0. The molecule has 11 heteroatoms. The number of thioether (sulfide) groups is 1. The van der Waals surface area contributed by atoms with E-state index in [1.807, 2.05) is 0 Å². The van der Waals surface area contributed by atoms with Crippen molar-refractivity contribution in [2.75, 3.05) is 6.61 Å². The molecule has 0 aliphatic carbocycles. The van der Waals surface area contributed by atoms with E-state index in [-0.39, 0.29) is 12.9 Å². The predicted octanol–water partition coefficient (Wildman–Crippen LogP) is 0.192. The fraction of sp³-hybridized carbons (Fsp3) is 0.625. The quantitative estimate of drug-likeness (QED) is 0.279. The molecule has 0 rings (SSSR count). The van der Waals surface area contributed by atoms with Crippen LogP contribution in [-0.2, 0) is 47.7 Å². The summed E-state index contributed by atoms with van der Waals surface area (Å²) in [4.78, 5) is 68.4. The van der Waals surface area contributed by atoms with Crippen LogP contribution in [0, 0.1) is 0 Å². The molecule has 0 aromatic carbocycles. The van der Waals surface area contributed by atoms with E-state index in [1.165, 1.54) is 6.92 Å². The molecule has 0 saturated carbocycles. The lowest BCUT2D eigenvalue weighted by Crippen LogP contribution is -2.51. The molecule has 4 atom stereocenters. The van der Waals surface area contributed by atoms with Crippen molar-refractivity contribution in [1.82, 2.24) is 0 Å². The zero-order valence-corrected chi connectivity index (χ0v) is 16.4. The minimum absolute atomic E-state index is 0.201. The van der Waals surface area contributed by atoms with E-state index in [0.29, 0.717) is 11.8 Å². The van der Waals surface area contributed by atoms with Gasteiger partial charge in [-0.2, -0.15) is 0 Å². The van der Waals surface area contributed by atoms with Gasteiger partial charge in [0.15, 0.2) is 29.7 Å². The van der Waals surface area contributed by atoms with Crippen LogP contribution in [0.1, 0.15) is 34.6 Å². The van der Waals surface area contributed by atoms with Gasteiger partial charge in [-0.1, -0.05) is 11.8 Å². The number of carbonyl (C=O) groups excluding carboxylic acids is 6. The van der Waals surface area contributed by atoms with Crippen LogP contribution in [0.3, 0.4) is 0 Å². The molecule has 0 saturated heterocycles. The number of aldehydes is 1. The van der Waals surface area contributed by atoms with Crippen molar-refractivity contribution in [2.45, 2.75) is 58.2 Å². The summed E-state index contributed by atoms with van der Waals surface area (Å²) in [6.07, 6.45) is -4.38. The van der Waals surface area contributed by atoms with Crippen LogP contribution in [0.4, 0.5) is 0 Å². The van der Waals surface area contributed by atoms with Crippen LogP contribution in [0.25, 0.3) is 0 Å². The van der Waals surface area contributed by atoms with Crippen molar-refractivity contribution in [1.29, 1.82) is 0 Å². The van der Waals surface area contributed by atoms with Gasteiger partial charge in [-0.25, -0.2) is 0 Å². The first kappa shape index (κ1) is 24.6. The molecule has 0 bridgehead atoms. The molecule has 0 aliphatic heterocycles. The van der Waals surface area contributed by atoms with Gasteiger partial charge in [0.2, 0.25) is 0 Å². The lowest BCUT2D eigenvalue weighted by atomic mass is 10.0. The smallest absolute Gasteiger partial charge is 0.303 e. The molecule has 0 heterocycles. The van der Waals surface area contributed by atoms with Crippen LogP contribution in [0.5, 0.6) is 0 Å². The van der Waals surface area contributed by atoms with Crippen LogP contribution < -0.4 is 0 Å². The number of hydrogen-bond acceptors (Lipinski definition) is 11. The van der Waals surface area contributed by atoms with Gasteiger partial charge in [0, 0.05) is 34.6 Å². The van der Waals surface area contributed by atoms with E-state index >= 15 is 0 Å². The molecule has 0 spiro atoms. The van der Waals surface area contributed by atoms with Crippen molar-refractivity contribution in [3.05, 3.63) is 0 Å². The molecule has 0 aromatic rings. The fourth-order valence-corrected chi connectivity index (χ4v) is 2.94. The van der Waals surface area contributed by atoms with Crippen molar-refractivity contribution in [2.24, 2.45) is 0 Å². The first-order valence-electron chi connectivity index (χ1n) is 7.75. The number of carbonyl (C=O) groups is 6. The minimum Gasteiger partial charge on any atom is -0.465 e. The molecule has 0 amide bonds. The summed E-state index contributed by atoms with van der Waals surface area (Å²) in [5.74, 6) is -3.18. The van der Waals surface area contributed by atoms with Gasteiger partial charge in [-0.15, -0.1) is 0 Å². The summed E-state index contributed by atoms with van der Waals surface area (Å²) in [6, 6.07) is 0. The monoisotopic (exact) mass is 406 g/mol. The number of rotatable bonds is 10. The SMILES string of the molecule is CC(=O)OC[C@@H](SC(C)=O)[C@@H](OC(C)=O)[C@H](OC(C)=O)[C@H](C=O)OC(C)=O. The van der Waals surface area contributed by atoms with Crippen molar-refractivity contribution >= 4 is 47.0 Å². The average Bonchev–Trinajstić information content (AvgIpc) is 2.51. The second kappa shape index (κ2) is 12.0. The number of ether oxygens (including phenoxy) is 4. The molecular formula is C16H22O10S. The average molecular weight is 406 g/mol. The van der Waals surface area contributed by atoms with Crippen LogP contribution in [-0.4, -0.2) is 65.4 Å². The highest BCUT2D eigenvalue weighted by Gasteiger charge is 2.43. The maximum absolute atomic E-state index is 11.6. The van der Waals surface area contributed by atoms with Crippen LogP contribution in [0.2, 0.25) is 0 Å². The Morgan fingerprint density at radius 3 is 1.63 bits per heavy atom. The molecule has 0 aliphatic rings. The summed E-state index contributed by atoms with van der Waals surface area (Å²) < 4.78 is 19.9. The van der Waals surface area contributed by atoms with E-state index in [2.05, 4.69) is 0 Å². The van der Waals surface area contributed by atoms with Crippen molar-refractivity contribution in [3.8, 4) is 0 Å². The maximum atomic E-state index is 11.6. The largest absolute Gasteiger partial charge is 0.465 e. The predicted molar refractivity (Wildman–Crippen MR) is 91.4 cm³/mol. The van der Waals surface area contributed by atoms with Gasteiger partial charge < -0.3 is 18.9 Å². The number of hydrogen-bond donors (Lipinski definition) is 0. The van der Waals surface area contributed by atoms with Crippen molar-refractivity contribution < 1.29 is 47.7 Å². The van der Waals surface area contributed by atoms with E-state index in [1.54, 1.807) is 0 Å². The van der Waals surface area contributed by atoms with E-state index in [4.69, 9.17) is 18.9 Å². The van der Waals surface area contributed by atoms with Gasteiger partial charge in [0.1, 0.15) is 6.61 Å². The lowest BCUT2D eigenvalue weighted by Gasteiger charge is -2.33. The van der Waals surface area contributed by atoms with E-state index in [9.17, 15) is 28.8 Å². The highest BCUT2D eigenvalue weighted by atomic mass is 32.2. The third kappa shape index (κ3) is 10.3. The van der Waals surface area contributed by atoms with Gasteiger partial charge in [-0.3, -0.25) is 28.8 Å². The highest BCUT2D eigenvalue weighted by molar-refractivity contribution is 8.14. The van der Waals surface area contributed by atoms with Gasteiger partial charge in [-0.05, 0) is 0 Å². The fourth-order valence-electron chi connectivity index (χ4n) is 2.03. The van der Waals surface area contributed by atoms with Gasteiger partial charge in [0.05, 0.1) is 5.25 Å². The summed E-state index contributed by atoms with van der Waals surface area (Å²) in [6.45, 7) is 5.09. The molecular weight excluding hydrogens is 384 g/mol. The van der Waals surface area contributed by atoms with E-state index < -0.39 is 52.6 Å². The summed E-state index contributed by atoms with van der Waals surface area (Å²) in [5, 5.41) is -1.45. The summed E-state index contributed by atoms with van der Waals surface area (Å²) in [5.41, 5.74) is 0. The molecule has 0 fully saturated rings. The van der Waals surface area contributed by atoms with Crippen LogP contribution in [0.15, 0.2) is 0 Å². The third-order valence-electron chi connectivity index (χ3n) is 2.82. The normalized spacial score (nSPS) is 14.7. The Hall–Kier alpha value is -2.43. The lowest BCUT2D eigenvalue weighted by molar-refractivity contribution is -0.183. The Balaban J connectivity index is 6.00. The Morgan fingerprint density at radius 2 is 1.26 bits per heavy atom. The Labute approximate surface area is 160 Å². The summed E-state index contributed by atoms with van der Waals surface area (Å²) >= 11 is 0.653. The maximum Gasteiger partial charge on any atom is 0.303 e. The third-order valence-corrected chi connectivity index (χ3v) is 3.86. The van der Waals surface area contributed by atoms with Crippen LogP contribution >= 0.6 is 11.8 Å². The van der Waals surface area contributed by atoms with Gasteiger partial charge >= 0.3 is 23.9 Å². The second-order valence-corrected chi connectivity index (χ2v) is 6.72. The molecule has 0 unspecified atom stereocenters. The molecule has 0 aromatic heterocycles. The second-order valence-electron chi connectivity index (χ2n) is 5.31. The van der Waals surface area contributed by atoms with Crippen molar-refractivity contribution in [3.63, 3.8) is 0 Å². The molecule has 0 N–H and O–H groups in total. The summed E-state index contributed by atoms with van der Waals surface area (Å²) in [7, 11) is 0. The molecule has 27 heavy (non-hydrogen) atoms. The topological polar surface area (TPSA) is 139 Å². The first-order chi connectivity index (χ1) is 12.5. The molecule has 152 valence electrons. The standard InChI is InChI=1S/C16H22O10S/c1-8(18)23-7-14(27-12(5)22)16(26-11(4)21)15(25-10(3)20)13(6-17)24-9(2)19/h6,13-16H,7H2,1-5H3/t13-,14+,15+,16+/m0/s1. The Morgan fingerprint density at radius 1 is 0.778 bits per heavy atom.